The smallest absolute Gasteiger partial charge is 0.269 e. The molecule has 0 spiro atoms. The van der Waals surface area contributed by atoms with Crippen LogP contribution in [-0.4, -0.2) is 23.0 Å². The van der Waals surface area contributed by atoms with E-state index in [2.05, 4.69) is 10.3 Å². The summed E-state index contributed by atoms with van der Waals surface area (Å²) in [6.07, 6.45) is 0. The summed E-state index contributed by atoms with van der Waals surface area (Å²) in [7, 11) is 1.64. The van der Waals surface area contributed by atoms with E-state index in [-0.39, 0.29) is 5.91 Å². The van der Waals surface area contributed by atoms with E-state index in [0.29, 0.717) is 20.5 Å². The minimum absolute atomic E-state index is 0.304. The monoisotopic (exact) mass is 534 g/mol. The second-order valence-electron chi connectivity index (χ2n) is 8.53. The quantitative estimate of drug-likeness (QED) is 0.230. The van der Waals surface area contributed by atoms with Gasteiger partial charge in [-0.05, 0) is 29.3 Å². The maximum absolute atomic E-state index is 13.4. The molecule has 3 aromatic carbocycles. The standard InChI is InChI=1S/C30H22N4O2S2/c1-36-21-14-12-18(13-15-21)22-16-23(19-8-4-2-5-9-19)32-29-25(22)26(31)27(38-29)28(35)34-30-33-24(17-37-30)20-10-6-3-7-11-20/h2-17H,31H2,1H3,(H,33,34,35). The van der Waals surface area contributed by atoms with E-state index in [4.69, 9.17) is 15.5 Å². The Morgan fingerprint density at radius 3 is 2.16 bits per heavy atom. The molecule has 0 fully saturated rings. The fourth-order valence-electron chi connectivity index (χ4n) is 4.27. The van der Waals surface area contributed by atoms with Crippen molar-refractivity contribution in [3.8, 4) is 39.4 Å². The number of rotatable bonds is 6. The molecule has 0 aliphatic rings. The lowest BCUT2D eigenvalue weighted by Crippen LogP contribution is -2.11. The summed E-state index contributed by atoms with van der Waals surface area (Å²) >= 11 is 2.66. The van der Waals surface area contributed by atoms with Crippen LogP contribution in [0.2, 0.25) is 0 Å². The van der Waals surface area contributed by atoms with Crippen LogP contribution >= 0.6 is 22.7 Å². The first-order valence-corrected chi connectivity index (χ1v) is 13.6. The van der Waals surface area contributed by atoms with Gasteiger partial charge in [0, 0.05) is 21.9 Å². The van der Waals surface area contributed by atoms with Crippen LogP contribution in [0.3, 0.4) is 0 Å². The Labute approximate surface area is 227 Å². The van der Waals surface area contributed by atoms with Gasteiger partial charge < -0.3 is 10.5 Å². The van der Waals surface area contributed by atoms with Gasteiger partial charge in [-0.2, -0.15) is 0 Å². The van der Waals surface area contributed by atoms with Crippen LogP contribution < -0.4 is 15.8 Å². The minimum Gasteiger partial charge on any atom is -0.497 e. The summed E-state index contributed by atoms with van der Waals surface area (Å²) in [4.78, 5) is 24.0. The number of hydrogen-bond donors (Lipinski definition) is 2. The molecule has 0 saturated heterocycles. The van der Waals surface area contributed by atoms with Crippen molar-refractivity contribution in [1.82, 2.24) is 9.97 Å². The van der Waals surface area contributed by atoms with E-state index in [1.807, 2.05) is 96.4 Å². The highest BCUT2D eigenvalue weighted by Crippen LogP contribution is 2.42. The van der Waals surface area contributed by atoms with Gasteiger partial charge in [0.15, 0.2) is 5.13 Å². The normalized spacial score (nSPS) is 11.0. The number of thiophene rings is 1. The Bertz CT molecular complexity index is 1740. The van der Waals surface area contributed by atoms with Crippen molar-refractivity contribution in [2.75, 3.05) is 18.2 Å². The number of pyridine rings is 1. The number of thiazole rings is 1. The number of anilines is 2. The van der Waals surface area contributed by atoms with Crippen molar-refractivity contribution in [2.24, 2.45) is 0 Å². The van der Waals surface area contributed by atoms with Crippen molar-refractivity contribution >= 4 is 49.6 Å². The molecule has 3 N–H and O–H groups in total. The fraction of sp³-hybridized carbons (Fsp3) is 0.0333. The van der Waals surface area contributed by atoms with Gasteiger partial charge in [0.25, 0.3) is 5.91 Å². The molecule has 3 heterocycles. The average molecular weight is 535 g/mol. The van der Waals surface area contributed by atoms with E-state index in [1.54, 1.807) is 7.11 Å². The molecule has 3 aromatic heterocycles. The third-order valence-corrected chi connectivity index (χ3v) is 8.03. The summed E-state index contributed by atoms with van der Waals surface area (Å²) in [6.45, 7) is 0. The van der Waals surface area contributed by atoms with Crippen molar-refractivity contribution in [1.29, 1.82) is 0 Å². The van der Waals surface area contributed by atoms with Crippen LogP contribution in [0.4, 0.5) is 10.8 Å². The number of hydrogen-bond acceptors (Lipinski definition) is 7. The number of carbonyl (C=O) groups is 1. The number of amides is 1. The maximum Gasteiger partial charge on any atom is 0.269 e. The van der Waals surface area contributed by atoms with Crippen LogP contribution in [0.15, 0.2) is 96.4 Å². The molecular formula is C30H22N4O2S2. The first-order chi connectivity index (χ1) is 18.6. The molecule has 1 amide bonds. The molecule has 0 atom stereocenters. The number of nitrogens with one attached hydrogen (secondary N) is 1. The molecule has 186 valence electrons. The van der Waals surface area contributed by atoms with Crippen LogP contribution in [0.25, 0.3) is 43.9 Å². The first-order valence-electron chi connectivity index (χ1n) is 11.9. The number of nitrogens with two attached hydrogens (primary N) is 1. The molecule has 0 bridgehead atoms. The molecule has 38 heavy (non-hydrogen) atoms. The van der Waals surface area contributed by atoms with Gasteiger partial charge in [-0.3, -0.25) is 10.1 Å². The van der Waals surface area contributed by atoms with Crippen LogP contribution in [0, 0.1) is 0 Å². The highest BCUT2D eigenvalue weighted by atomic mass is 32.1. The van der Waals surface area contributed by atoms with E-state index >= 15 is 0 Å². The third kappa shape index (κ3) is 4.51. The molecule has 6 rings (SSSR count). The topological polar surface area (TPSA) is 90.1 Å². The zero-order chi connectivity index (χ0) is 26.1. The van der Waals surface area contributed by atoms with Gasteiger partial charge in [-0.25, -0.2) is 9.97 Å². The van der Waals surface area contributed by atoms with Crippen LogP contribution in [-0.2, 0) is 0 Å². The Kier molecular flexibility index (Phi) is 6.33. The molecule has 6 nitrogen and oxygen atoms in total. The zero-order valence-electron chi connectivity index (χ0n) is 20.3. The van der Waals surface area contributed by atoms with E-state index in [0.717, 1.165) is 44.8 Å². The lowest BCUT2D eigenvalue weighted by atomic mass is 9.99. The molecular weight excluding hydrogens is 512 g/mol. The van der Waals surface area contributed by atoms with Gasteiger partial charge in [-0.1, -0.05) is 72.8 Å². The molecule has 0 aliphatic heterocycles. The summed E-state index contributed by atoms with van der Waals surface area (Å²) in [5.74, 6) is 0.459. The number of nitrogens with zero attached hydrogens (tertiary/aromatic N) is 2. The Morgan fingerprint density at radius 2 is 1.50 bits per heavy atom. The molecule has 0 saturated carbocycles. The van der Waals surface area contributed by atoms with Crippen molar-refractivity contribution in [2.45, 2.75) is 0 Å². The van der Waals surface area contributed by atoms with E-state index in [9.17, 15) is 4.79 Å². The number of carbonyl (C=O) groups excluding carboxylic acids is 1. The fourth-order valence-corrected chi connectivity index (χ4v) is 6.00. The van der Waals surface area contributed by atoms with Gasteiger partial charge in [-0.15, -0.1) is 22.7 Å². The Hall–Kier alpha value is -4.53. The molecule has 0 unspecified atom stereocenters. The van der Waals surface area contributed by atoms with E-state index < -0.39 is 0 Å². The number of ether oxygens (including phenoxy) is 1. The predicted molar refractivity (Wildman–Crippen MR) is 157 cm³/mol. The molecule has 0 radical (unpaired) electrons. The molecule has 6 aromatic rings. The number of nitrogen functional groups attached to an aromatic ring is 1. The predicted octanol–water partition coefficient (Wildman–Crippen LogP) is 7.60. The second-order valence-corrected chi connectivity index (χ2v) is 10.4. The lowest BCUT2D eigenvalue weighted by Gasteiger charge is -2.09. The van der Waals surface area contributed by atoms with Gasteiger partial charge in [0.1, 0.15) is 15.5 Å². The number of benzene rings is 3. The van der Waals surface area contributed by atoms with Crippen molar-refractivity contribution in [3.63, 3.8) is 0 Å². The van der Waals surface area contributed by atoms with Crippen molar-refractivity contribution < 1.29 is 9.53 Å². The summed E-state index contributed by atoms with van der Waals surface area (Å²) in [6, 6.07) is 29.6. The summed E-state index contributed by atoms with van der Waals surface area (Å²) < 4.78 is 5.34. The lowest BCUT2D eigenvalue weighted by molar-refractivity contribution is 0.103. The first kappa shape index (κ1) is 23.8. The Morgan fingerprint density at radius 1 is 0.842 bits per heavy atom. The van der Waals surface area contributed by atoms with Crippen molar-refractivity contribution in [3.05, 3.63) is 101 Å². The van der Waals surface area contributed by atoms with Crippen LogP contribution in [0.5, 0.6) is 5.75 Å². The van der Waals surface area contributed by atoms with E-state index in [1.165, 1.54) is 22.7 Å². The molecule has 8 heteroatoms. The zero-order valence-corrected chi connectivity index (χ0v) is 22.0. The number of fused-ring (bicyclic) bond motifs is 1. The maximum atomic E-state index is 13.4. The Balaban J connectivity index is 1.42. The second kappa shape index (κ2) is 10.1. The highest BCUT2D eigenvalue weighted by molar-refractivity contribution is 7.21. The highest BCUT2D eigenvalue weighted by Gasteiger charge is 2.22. The summed E-state index contributed by atoms with van der Waals surface area (Å²) in [5, 5.41) is 6.12. The van der Waals surface area contributed by atoms with Gasteiger partial charge in [0.2, 0.25) is 0 Å². The van der Waals surface area contributed by atoms with Gasteiger partial charge in [0.05, 0.1) is 24.2 Å². The summed E-state index contributed by atoms with van der Waals surface area (Å²) in [5.41, 5.74) is 12.5. The largest absolute Gasteiger partial charge is 0.497 e. The number of methoxy groups -OCH3 is 1. The number of aromatic nitrogens is 2. The average Bonchev–Trinajstić information content (AvgIpc) is 3.58. The third-order valence-electron chi connectivity index (χ3n) is 6.17. The van der Waals surface area contributed by atoms with Crippen LogP contribution in [0.1, 0.15) is 9.67 Å². The molecule has 0 aliphatic carbocycles. The SMILES string of the molecule is COc1ccc(-c2cc(-c3ccccc3)nc3sc(C(=O)Nc4nc(-c5ccccc5)cs4)c(N)c23)cc1. The minimum atomic E-state index is -0.304. The van der Waals surface area contributed by atoms with Gasteiger partial charge >= 0.3 is 0 Å².